The molecule has 0 radical (unpaired) electrons. The summed E-state index contributed by atoms with van der Waals surface area (Å²) in [6, 6.07) is 6.92. The topological polar surface area (TPSA) is 35.0 Å². The molecule has 3 N–H and O–H groups in total. The van der Waals surface area contributed by atoms with Gasteiger partial charge in [-0.2, -0.15) is 0 Å². The van der Waals surface area contributed by atoms with Gasteiger partial charge in [0.2, 0.25) is 0 Å². The third-order valence-corrected chi connectivity index (χ3v) is 1.48. The van der Waals surface area contributed by atoms with Crippen molar-refractivity contribution in [2.75, 3.05) is 0 Å². The minimum Gasteiger partial charge on any atom is -0.344 e. The summed E-state index contributed by atoms with van der Waals surface area (Å²) in [7, 11) is 0. The Morgan fingerprint density at radius 3 is 2.45 bits per heavy atom. The van der Waals surface area contributed by atoms with Gasteiger partial charge in [-0.1, -0.05) is 31.5 Å². The quantitative estimate of drug-likeness (QED) is 0.700. The van der Waals surface area contributed by atoms with Gasteiger partial charge in [0.05, 0.1) is 0 Å². The number of halogens is 1. The normalized spacial score (nSPS) is 8.91. The van der Waals surface area contributed by atoms with E-state index in [2.05, 4.69) is 0 Å². The molecule has 0 aromatic heterocycles. The molecule has 0 heterocycles. The van der Waals surface area contributed by atoms with Gasteiger partial charge < -0.3 is 6.15 Å². The van der Waals surface area contributed by atoms with Gasteiger partial charge in [0.25, 0.3) is 0 Å². The number of rotatable bonds is 2. The van der Waals surface area contributed by atoms with E-state index >= 15 is 0 Å². The van der Waals surface area contributed by atoms with Gasteiger partial charge >= 0.3 is 0 Å². The monoisotopic (exact) mass is 155 g/mol. The number of hydrogen-bond acceptors (Lipinski definition) is 1. The summed E-state index contributed by atoms with van der Waals surface area (Å²) >= 11 is 0. The second-order valence-electron chi connectivity index (χ2n) is 2.34. The van der Waals surface area contributed by atoms with E-state index in [1.54, 1.807) is 6.07 Å². The molecule has 0 aliphatic rings. The predicted molar refractivity (Wildman–Crippen MR) is 45.4 cm³/mol. The molecule has 0 amide bonds. The molecule has 1 rings (SSSR count). The number of aryl methyl sites for hydroxylation is 1. The minimum atomic E-state index is -0.0793. The molecule has 1 aromatic rings. The second kappa shape index (κ2) is 4.85. The zero-order chi connectivity index (χ0) is 7.40. The van der Waals surface area contributed by atoms with Crippen LogP contribution >= 0.6 is 0 Å². The van der Waals surface area contributed by atoms with E-state index in [1.165, 1.54) is 6.07 Å². The maximum atomic E-state index is 12.8. The van der Waals surface area contributed by atoms with Crippen LogP contribution in [0.5, 0.6) is 0 Å². The molecule has 11 heavy (non-hydrogen) atoms. The van der Waals surface area contributed by atoms with Crippen molar-refractivity contribution < 1.29 is 4.39 Å². The molecular weight excluding hydrogens is 141 g/mol. The molecule has 0 fully saturated rings. The van der Waals surface area contributed by atoms with Gasteiger partial charge in [0.1, 0.15) is 5.82 Å². The van der Waals surface area contributed by atoms with Crippen molar-refractivity contribution in [3.63, 3.8) is 0 Å². The largest absolute Gasteiger partial charge is 0.344 e. The summed E-state index contributed by atoms with van der Waals surface area (Å²) in [5, 5.41) is 0. The average Bonchev–Trinajstić information content (AvgIpc) is 1.94. The molecule has 0 spiro atoms. The molecule has 0 unspecified atom stereocenters. The first kappa shape index (κ1) is 10.1. The van der Waals surface area contributed by atoms with E-state index in [4.69, 9.17) is 0 Å². The fourth-order valence-electron chi connectivity index (χ4n) is 0.970. The molecule has 0 saturated heterocycles. The summed E-state index contributed by atoms with van der Waals surface area (Å²) in [5.74, 6) is -0.0793. The van der Waals surface area contributed by atoms with Gasteiger partial charge in [-0.05, 0) is 18.1 Å². The van der Waals surface area contributed by atoms with Gasteiger partial charge in [0, 0.05) is 0 Å². The predicted octanol–water partition coefficient (Wildman–Crippen LogP) is 2.94. The van der Waals surface area contributed by atoms with E-state index in [0.717, 1.165) is 18.4 Å². The Bertz CT molecular complexity index is 210. The average molecular weight is 155 g/mol. The maximum absolute atomic E-state index is 12.8. The van der Waals surface area contributed by atoms with Crippen molar-refractivity contribution in [3.8, 4) is 0 Å². The highest BCUT2D eigenvalue weighted by Crippen LogP contribution is 2.07. The first-order valence-electron chi connectivity index (χ1n) is 3.58. The van der Waals surface area contributed by atoms with Gasteiger partial charge in [0.15, 0.2) is 0 Å². The first-order chi connectivity index (χ1) is 4.84. The molecule has 1 nitrogen and oxygen atoms in total. The Balaban J connectivity index is 0.000001000. The standard InChI is InChI=1S/C9H11F.H3N/c1-2-5-8-6-3-4-7-9(8)10;/h3-4,6-7H,2,5H2,1H3;1H3. The van der Waals surface area contributed by atoms with Crippen molar-refractivity contribution in [1.82, 2.24) is 6.15 Å². The summed E-state index contributed by atoms with van der Waals surface area (Å²) in [4.78, 5) is 0. The zero-order valence-electron chi connectivity index (χ0n) is 6.81. The highest BCUT2D eigenvalue weighted by Gasteiger charge is 1.96. The van der Waals surface area contributed by atoms with Crippen molar-refractivity contribution >= 4 is 0 Å². The van der Waals surface area contributed by atoms with Crippen molar-refractivity contribution in [2.24, 2.45) is 0 Å². The molecule has 0 saturated carbocycles. The van der Waals surface area contributed by atoms with E-state index in [-0.39, 0.29) is 12.0 Å². The van der Waals surface area contributed by atoms with E-state index in [9.17, 15) is 4.39 Å². The van der Waals surface area contributed by atoms with Crippen LogP contribution in [-0.2, 0) is 6.42 Å². The van der Waals surface area contributed by atoms with Crippen molar-refractivity contribution in [1.29, 1.82) is 0 Å². The van der Waals surface area contributed by atoms with Crippen LogP contribution in [0.2, 0.25) is 0 Å². The Morgan fingerprint density at radius 1 is 1.27 bits per heavy atom. The molecule has 0 atom stereocenters. The van der Waals surface area contributed by atoms with E-state index < -0.39 is 0 Å². The van der Waals surface area contributed by atoms with Crippen LogP contribution in [0, 0.1) is 5.82 Å². The lowest BCUT2D eigenvalue weighted by atomic mass is 10.1. The fraction of sp³-hybridized carbons (Fsp3) is 0.333. The Labute approximate surface area is 66.8 Å². The van der Waals surface area contributed by atoms with Crippen molar-refractivity contribution in [2.45, 2.75) is 19.8 Å². The molecule has 62 valence electrons. The Morgan fingerprint density at radius 2 is 1.91 bits per heavy atom. The number of hydrogen-bond donors (Lipinski definition) is 1. The maximum Gasteiger partial charge on any atom is 0.126 e. The lowest BCUT2D eigenvalue weighted by Crippen LogP contribution is -1.86. The third kappa shape index (κ3) is 2.68. The lowest BCUT2D eigenvalue weighted by molar-refractivity contribution is 0.607. The Hall–Kier alpha value is -0.890. The second-order valence-corrected chi connectivity index (χ2v) is 2.34. The highest BCUT2D eigenvalue weighted by atomic mass is 19.1. The summed E-state index contributed by atoms with van der Waals surface area (Å²) < 4.78 is 12.8. The first-order valence-corrected chi connectivity index (χ1v) is 3.58. The molecule has 1 aromatic carbocycles. The third-order valence-electron chi connectivity index (χ3n) is 1.48. The fourth-order valence-corrected chi connectivity index (χ4v) is 0.970. The van der Waals surface area contributed by atoms with Crippen LogP contribution < -0.4 is 6.15 Å². The van der Waals surface area contributed by atoms with Gasteiger partial charge in [-0.25, -0.2) is 4.39 Å². The van der Waals surface area contributed by atoms with Crippen molar-refractivity contribution in [3.05, 3.63) is 35.6 Å². The summed E-state index contributed by atoms with van der Waals surface area (Å²) in [6.45, 7) is 2.05. The Kier molecular flexibility index (Phi) is 4.46. The van der Waals surface area contributed by atoms with Gasteiger partial charge in [-0.3, -0.25) is 0 Å². The molecule has 2 heteroatoms. The van der Waals surface area contributed by atoms with E-state index in [0.29, 0.717) is 0 Å². The van der Waals surface area contributed by atoms with Crippen LogP contribution in [0.15, 0.2) is 24.3 Å². The minimum absolute atomic E-state index is 0. The molecule has 0 bridgehead atoms. The lowest BCUT2D eigenvalue weighted by Gasteiger charge is -1.97. The molecule has 0 aliphatic heterocycles. The van der Waals surface area contributed by atoms with Crippen LogP contribution in [0.1, 0.15) is 18.9 Å². The van der Waals surface area contributed by atoms with Crippen LogP contribution in [0.4, 0.5) is 4.39 Å². The van der Waals surface area contributed by atoms with E-state index in [1.807, 2.05) is 19.1 Å². The van der Waals surface area contributed by atoms with Gasteiger partial charge in [-0.15, -0.1) is 0 Å². The number of benzene rings is 1. The van der Waals surface area contributed by atoms with Crippen LogP contribution in [0.3, 0.4) is 0 Å². The SMILES string of the molecule is CCCc1ccccc1F.N. The summed E-state index contributed by atoms with van der Waals surface area (Å²) in [6.07, 6.45) is 1.84. The molecular formula is C9H14FN. The zero-order valence-corrected chi connectivity index (χ0v) is 6.81. The molecule has 0 aliphatic carbocycles. The summed E-state index contributed by atoms with van der Waals surface area (Å²) in [5.41, 5.74) is 0.824. The highest BCUT2D eigenvalue weighted by molar-refractivity contribution is 5.16. The van der Waals surface area contributed by atoms with Crippen LogP contribution in [-0.4, -0.2) is 0 Å². The van der Waals surface area contributed by atoms with Crippen LogP contribution in [0.25, 0.3) is 0 Å². The smallest absolute Gasteiger partial charge is 0.126 e.